The van der Waals surface area contributed by atoms with E-state index in [1.807, 2.05) is 12.1 Å². The second-order valence-electron chi connectivity index (χ2n) is 6.40. The molecule has 0 aliphatic rings. The Hall–Kier alpha value is -1.91. The summed E-state index contributed by atoms with van der Waals surface area (Å²) in [5, 5.41) is 14.8. The SMILES string of the molecule is CC(C)CC(CC(C)C)Nc1ccc(-n2cnnn2)cc1. The number of nitrogens with one attached hydrogen (secondary N) is 1. The molecule has 1 heterocycles. The van der Waals surface area contributed by atoms with E-state index in [0.717, 1.165) is 11.4 Å². The van der Waals surface area contributed by atoms with Crippen molar-refractivity contribution in [1.82, 2.24) is 20.2 Å². The molecule has 0 unspecified atom stereocenters. The number of hydrogen-bond donors (Lipinski definition) is 1. The van der Waals surface area contributed by atoms with Gasteiger partial charge in [0.25, 0.3) is 0 Å². The Morgan fingerprint density at radius 2 is 1.62 bits per heavy atom. The number of nitrogens with zero attached hydrogens (tertiary/aromatic N) is 4. The fourth-order valence-electron chi connectivity index (χ4n) is 2.58. The van der Waals surface area contributed by atoms with Crippen LogP contribution < -0.4 is 5.32 Å². The second-order valence-corrected chi connectivity index (χ2v) is 6.40. The number of tetrazole rings is 1. The van der Waals surface area contributed by atoms with Gasteiger partial charge in [-0.05, 0) is 59.4 Å². The van der Waals surface area contributed by atoms with Crippen LogP contribution in [0.3, 0.4) is 0 Å². The summed E-state index contributed by atoms with van der Waals surface area (Å²) in [7, 11) is 0. The zero-order valence-electron chi connectivity index (χ0n) is 13.3. The lowest BCUT2D eigenvalue weighted by Crippen LogP contribution is -2.23. The van der Waals surface area contributed by atoms with Crippen LogP contribution in [0.1, 0.15) is 40.5 Å². The number of anilines is 1. The molecule has 0 saturated carbocycles. The summed E-state index contributed by atoms with van der Waals surface area (Å²) in [4.78, 5) is 0. The van der Waals surface area contributed by atoms with E-state index >= 15 is 0 Å². The Morgan fingerprint density at radius 3 is 2.10 bits per heavy atom. The molecule has 1 N–H and O–H groups in total. The van der Waals surface area contributed by atoms with Crippen molar-refractivity contribution < 1.29 is 0 Å². The predicted molar refractivity (Wildman–Crippen MR) is 85.5 cm³/mol. The highest BCUT2D eigenvalue weighted by Crippen LogP contribution is 2.19. The van der Waals surface area contributed by atoms with Gasteiger partial charge in [0, 0.05) is 11.7 Å². The van der Waals surface area contributed by atoms with Crippen LogP contribution in [0.5, 0.6) is 0 Å². The highest BCUT2D eigenvalue weighted by atomic mass is 15.5. The van der Waals surface area contributed by atoms with Gasteiger partial charge in [-0.1, -0.05) is 27.7 Å². The minimum Gasteiger partial charge on any atom is -0.382 e. The molecule has 0 saturated heterocycles. The summed E-state index contributed by atoms with van der Waals surface area (Å²) in [6.45, 7) is 9.09. The van der Waals surface area contributed by atoms with Gasteiger partial charge in [0.05, 0.1) is 5.69 Å². The maximum Gasteiger partial charge on any atom is 0.143 e. The molecule has 0 aliphatic heterocycles. The Kier molecular flexibility index (Phi) is 5.31. The van der Waals surface area contributed by atoms with Crippen molar-refractivity contribution in [3.63, 3.8) is 0 Å². The summed E-state index contributed by atoms with van der Waals surface area (Å²) >= 11 is 0. The van der Waals surface area contributed by atoms with Crippen molar-refractivity contribution in [1.29, 1.82) is 0 Å². The number of aromatic nitrogens is 4. The van der Waals surface area contributed by atoms with Gasteiger partial charge in [-0.2, -0.15) is 0 Å². The lowest BCUT2D eigenvalue weighted by molar-refractivity contribution is 0.442. The highest BCUT2D eigenvalue weighted by molar-refractivity contribution is 5.48. The maximum absolute atomic E-state index is 3.89. The maximum atomic E-state index is 3.89. The third-order valence-corrected chi connectivity index (χ3v) is 3.36. The Balaban J connectivity index is 2.03. The first kappa shape index (κ1) is 15.5. The summed E-state index contributed by atoms with van der Waals surface area (Å²) < 4.78 is 1.66. The van der Waals surface area contributed by atoms with Crippen molar-refractivity contribution in [2.45, 2.75) is 46.6 Å². The van der Waals surface area contributed by atoms with Crippen molar-refractivity contribution in [2.24, 2.45) is 11.8 Å². The first-order valence-electron chi connectivity index (χ1n) is 7.64. The Labute approximate surface area is 126 Å². The molecule has 0 amide bonds. The number of benzene rings is 1. The molecule has 1 aromatic carbocycles. The first-order chi connectivity index (χ1) is 10.0. The van der Waals surface area contributed by atoms with E-state index in [1.54, 1.807) is 11.0 Å². The van der Waals surface area contributed by atoms with Crippen LogP contribution in [-0.2, 0) is 0 Å². The molecule has 0 aliphatic carbocycles. The predicted octanol–water partition coefficient (Wildman–Crippen LogP) is 3.54. The largest absolute Gasteiger partial charge is 0.382 e. The van der Waals surface area contributed by atoms with Crippen LogP contribution >= 0.6 is 0 Å². The van der Waals surface area contributed by atoms with E-state index in [1.165, 1.54) is 12.8 Å². The molecule has 2 rings (SSSR count). The average molecular weight is 287 g/mol. The zero-order chi connectivity index (χ0) is 15.2. The Morgan fingerprint density at radius 1 is 1.00 bits per heavy atom. The zero-order valence-corrected chi connectivity index (χ0v) is 13.3. The summed E-state index contributed by atoms with van der Waals surface area (Å²) in [5.41, 5.74) is 2.12. The van der Waals surface area contributed by atoms with Gasteiger partial charge in [-0.25, -0.2) is 4.68 Å². The normalized spacial score (nSPS) is 11.6. The fourth-order valence-corrected chi connectivity index (χ4v) is 2.58. The number of rotatable bonds is 7. The Bertz CT molecular complexity index is 506. The van der Waals surface area contributed by atoms with Gasteiger partial charge in [0.1, 0.15) is 6.33 Å². The molecule has 114 valence electrons. The molecule has 1 aromatic heterocycles. The van der Waals surface area contributed by atoms with Gasteiger partial charge >= 0.3 is 0 Å². The highest BCUT2D eigenvalue weighted by Gasteiger charge is 2.12. The van der Waals surface area contributed by atoms with E-state index in [2.05, 4.69) is 60.7 Å². The standard InChI is InChI=1S/C16H25N5/c1-12(2)9-15(10-13(3)4)18-14-5-7-16(8-6-14)21-11-17-19-20-21/h5-8,11-13,15,18H,9-10H2,1-4H3. The lowest BCUT2D eigenvalue weighted by atomic mass is 9.95. The van der Waals surface area contributed by atoms with Gasteiger partial charge in [0.15, 0.2) is 0 Å². The smallest absolute Gasteiger partial charge is 0.143 e. The van der Waals surface area contributed by atoms with E-state index in [0.29, 0.717) is 17.9 Å². The number of hydrogen-bond acceptors (Lipinski definition) is 4. The van der Waals surface area contributed by atoms with E-state index in [4.69, 9.17) is 0 Å². The third kappa shape index (κ3) is 4.85. The van der Waals surface area contributed by atoms with Crippen molar-refractivity contribution in [3.8, 4) is 5.69 Å². The second kappa shape index (κ2) is 7.20. The van der Waals surface area contributed by atoms with Gasteiger partial charge in [-0.3, -0.25) is 0 Å². The first-order valence-corrected chi connectivity index (χ1v) is 7.64. The molecule has 0 radical (unpaired) electrons. The molecule has 0 bridgehead atoms. The molecule has 0 spiro atoms. The van der Waals surface area contributed by atoms with Crippen molar-refractivity contribution in [3.05, 3.63) is 30.6 Å². The molecule has 5 nitrogen and oxygen atoms in total. The molecule has 21 heavy (non-hydrogen) atoms. The topological polar surface area (TPSA) is 55.6 Å². The van der Waals surface area contributed by atoms with Crippen molar-refractivity contribution >= 4 is 5.69 Å². The lowest BCUT2D eigenvalue weighted by Gasteiger charge is -2.23. The molecule has 2 aromatic rings. The minimum atomic E-state index is 0.517. The molecule has 0 atom stereocenters. The van der Waals surface area contributed by atoms with Crippen LogP contribution in [0.15, 0.2) is 30.6 Å². The van der Waals surface area contributed by atoms with Crippen LogP contribution in [0.2, 0.25) is 0 Å². The fraction of sp³-hybridized carbons (Fsp3) is 0.562. The summed E-state index contributed by atoms with van der Waals surface area (Å²) in [6, 6.07) is 8.75. The van der Waals surface area contributed by atoms with Crippen molar-refractivity contribution in [2.75, 3.05) is 5.32 Å². The van der Waals surface area contributed by atoms with E-state index < -0.39 is 0 Å². The molecular weight excluding hydrogens is 262 g/mol. The summed E-state index contributed by atoms with van der Waals surface area (Å²) in [5.74, 6) is 1.39. The van der Waals surface area contributed by atoms with Gasteiger partial charge < -0.3 is 5.32 Å². The molecular formula is C16H25N5. The monoisotopic (exact) mass is 287 g/mol. The molecule has 5 heteroatoms. The quantitative estimate of drug-likeness (QED) is 0.846. The summed E-state index contributed by atoms with van der Waals surface area (Å²) in [6.07, 6.45) is 3.97. The van der Waals surface area contributed by atoms with Gasteiger partial charge in [0.2, 0.25) is 0 Å². The van der Waals surface area contributed by atoms with E-state index in [-0.39, 0.29) is 0 Å². The minimum absolute atomic E-state index is 0.517. The third-order valence-electron chi connectivity index (χ3n) is 3.36. The average Bonchev–Trinajstić information content (AvgIpc) is 2.91. The van der Waals surface area contributed by atoms with Crippen LogP contribution in [-0.4, -0.2) is 26.2 Å². The van der Waals surface area contributed by atoms with Crippen LogP contribution in [0.25, 0.3) is 5.69 Å². The molecule has 0 fully saturated rings. The van der Waals surface area contributed by atoms with Crippen LogP contribution in [0.4, 0.5) is 5.69 Å². The van der Waals surface area contributed by atoms with E-state index in [9.17, 15) is 0 Å². The van der Waals surface area contributed by atoms with Crippen LogP contribution in [0, 0.1) is 11.8 Å². The van der Waals surface area contributed by atoms with Gasteiger partial charge in [-0.15, -0.1) is 5.10 Å².